The Labute approximate surface area is 108 Å². The van der Waals surface area contributed by atoms with Crippen molar-refractivity contribution in [1.29, 1.82) is 0 Å². The molecule has 1 aromatic heterocycles. The smallest absolute Gasteiger partial charge is 0.183 e. The van der Waals surface area contributed by atoms with Gasteiger partial charge in [0.05, 0.1) is 14.2 Å². The number of pyridine rings is 1. The van der Waals surface area contributed by atoms with E-state index in [9.17, 15) is 0 Å². The van der Waals surface area contributed by atoms with Gasteiger partial charge in [-0.05, 0) is 12.8 Å². The van der Waals surface area contributed by atoms with Crippen molar-refractivity contribution >= 4 is 0 Å². The molecule has 5 heteroatoms. The summed E-state index contributed by atoms with van der Waals surface area (Å²) < 4.78 is 10.7. The Morgan fingerprint density at radius 1 is 1.33 bits per heavy atom. The first-order chi connectivity index (χ1) is 8.74. The van der Waals surface area contributed by atoms with Crippen molar-refractivity contribution in [3.8, 4) is 11.5 Å². The Hall–Kier alpha value is -1.33. The molecule has 1 saturated heterocycles. The Morgan fingerprint density at radius 3 is 2.67 bits per heavy atom. The third-order valence-electron chi connectivity index (χ3n) is 3.37. The number of aromatic nitrogens is 1. The van der Waals surface area contributed by atoms with E-state index in [0.29, 0.717) is 6.04 Å². The van der Waals surface area contributed by atoms with Gasteiger partial charge in [-0.15, -0.1) is 0 Å². The van der Waals surface area contributed by atoms with Crippen LogP contribution < -0.4 is 15.2 Å². The molecule has 1 aromatic rings. The number of ether oxygens (including phenoxy) is 2. The van der Waals surface area contributed by atoms with E-state index in [0.717, 1.165) is 49.7 Å². The highest BCUT2D eigenvalue weighted by molar-refractivity contribution is 5.42. The van der Waals surface area contributed by atoms with Gasteiger partial charge in [-0.3, -0.25) is 9.88 Å². The number of likely N-dealkylation sites (tertiary alicyclic amines) is 1. The van der Waals surface area contributed by atoms with Gasteiger partial charge in [0.2, 0.25) is 0 Å². The van der Waals surface area contributed by atoms with Crippen LogP contribution in [0.4, 0.5) is 0 Å². The zero-order chi connectivity index (χ0) is 13.0. The topological polar surface area (TPSA) is 60.6 Å². The molecule has 0 aromatic carbocycles. The lowest BCUT2D eigenvalue weighted by atomic mass is 10.1. The van der Waals surface area contributed by atoms with Crippen molar-refractivity contribution in [1.82, 2.24) is 9.88 Å². The molecule has 0 radical (unpaired) electrons. The maximum atomic E-state index is 5.91. The molecule has 1 fully saturated rings. The summed E-state index contributed by atoms with van der Waals surface area (Å²) in [6.45, 7) is 2.82. The molecule has 100 valence electrons. The molecule has 1 aliphatic rings. The van der Waals surface area contributed by atoms with E-state index in [-0.39, 0.29) is 0 Å². The molecule has 0 amide bonds. The van der Waals surface area contributed by atoms with Crippen LogP contribution in [-0.4, -0.2) is 43.2 Å². The Morgan fingerprint density at radius 2 is 2.06 bits per heavy atom. The zero-order valence-electron chi connectivity index (χ0n) is 11.1. The van der Waals surface area contributed by atoms with Gasteiger partial charge in [0.25, 0.3) is 0 Å². The maximum absolute atomic E-state index is 5.91. The summed E-state index contributed by atoms with van der Waals surface area (Å²) in [4.78, 5) is 6.75. The first-order valence-corrected chi connectivity index (χ1v) is 6.28. The van der Waals surface area contributed by atoms with Gasteiger partial charge in [0.15, 0.2) is 11.5 Å². The predicted octanol–water partition coefficient (Wildman–Crippen LogP) is 1.02. The SMILES string of the molecule is COc1ccnc(CN2CCC(N)CC2)c1OC. The van der Waals surface area contributed by atoms with Crippen LogP contribution in [0.15, 0.2) is 12.3 Å². The molecule has 0 spiro atoms. The largest absolute Gasteiger partial charge is 0.493 e. The number of piperidine rings is 1. The number of hydrogen-bond acceptors (Lipinski definition) is 5. The fourth-order valence-electron chi connectivity index (χ4n) is 2.29. The van der Waals surface area contributed by atoms with Crippen LogP contribution in [0.1, 0.15) is 18.5 Å². The van der Waals surface area contributed by atoms with E-state index in [1.54, 1.807) is 20.4 Å². The summed E-state index contributed by atoms with van der Waals surface area (Å²) in [6.07, 6.45) is 3.85. The summed E-state index contributed by atoms with van der Waals surface area (Å²) in [5, 5.41) is 0. The fourth-order valence-corrected chi connectivity index (χ4v) is 2.29. The minimum absolute atomic E-state index is 0.349. The van der Waals surface area contributed by atoms with Gasteiger partial charge in [-0.2, -0.15) is 0 Å². The molecule has 1 aliphatic heterocycles. The van der Waals surface area contributed by atoms with Crippen LogP contribution in [0, 0.1) is 0 Å². The summed E-state index contributed by atoms with van der Waals surface area (Å²) in [7, 11) is 3.29. The van der Waals surface area contributed by atoms with Gasteiger partial charge >= 0.3 is 0 Å². The highest BCUT2D eigenvalue weighted by Crippen LogP contribution is 2.30. The van der Waals surface area contributed by atoms with Crippen molar-refractivity contribution in [2.45, 2.75) is 25.4 Å². The number of hydrogen-bond donors (Lipinski definition) is 1. The summed E-state index contributed by atoms with van der Waals surface area (Å²) in [5.41, 5.74) is 6.83. The Bertz CT molecular complexity index is 390. The van der Waals surface area contributed by atoms with Gasteiger partial charge < -0.3 is 15.2 Å². The van der Waals surface area contributed by atoms with E-state index in [2.05, 4.69) is 9.88 Å². The molecule has 2 heterocycles. The van der Waals surface area contributed by atoms with Crippen molar-refractivity contribution in [2.24, 2.45) is 5.73 Å². The van der Waals surface area contributed by atoms with Crippen LogP contribution in [0.5, 0.6) is 11.5 Å². The first kappa shape index (κ1) is 13.1. The minimum Gasteiger partial charge on any atom is -0.493 e. The lowest BCUT2D eigenvalue weighted by Crippen LogP contribution is -2.39. The van der Waals surface area contributed by atoms with Crippen LogP contribution in [-0.2, 0) is 6.54 Å². The molecule has 2 N–H and O–H groups in total. The monoisotopic (exact) mass is 251 g/mol. The number of nitrogens with zero attached hydrogens (tertiary/aromatic N) is 2. The van der Waals surface area contributed by atoms with Crippen LogP contribution in [0.3, 0.4) is 0 Å². The number of methoxy groups -OCH3 is 2. The molecule has 0 saturated carbocycles. The van der Waals surface area contributed by atoms with Crippen molar-refractivity contribution < 1.29 is 9.47 Å². The van der Waals surface area contributed by atoms with Gasteiger partial charge in [-0.25, -0.2) is 0 Å². The maximum Gasteiger partial charge on any atom is 0.183 e. The summed E-state index contributed by atoms with van der Waals surface area (Å²) in [6, 6.07) is 2.16. The van der Waals surface area contributed by atoms with E-state index in [1.165, 1.54) is 0 Å². The molecule has 0 unspecified atom stereocenters. The second-order valence-electron chi connectivity index (χ2n) is 4.61. The molecule has 0 aliphatic carbocycles. The molecule has 18 heavy (non-hydrogen) atoms. The second-order valence-corrected chi connectivity index (χ2v) is 4.61. The Kier molecular flexibility index (Phi) is 4.38. The molecular weight excluding hydrogens is 230 g/mol. The Balaban J connectivity index is 2.09. The zero-order valence-corrected chi connectivity index (χ0v) is 11.1. The summed E-state index contributed by atoms with van der Waals surface area (Å²) in [5.74, 6) is 1.46. The van der Waals surface area contributed by atoms with Gasteiger partial charge in [-0.1, -0.05) is 0 Å². The first-order valence-electron chi connectivity index (χ1n) is 6.28. The number of rotatable bonds is 4. The molecule has 0 atom stereocenters. The third kappa shape index (κ3) is 2.91. The molecule has 2 rings (SSSR count). The second kappa shape index (κ2) is 6.02. The van der Waals surface area contributed by atoms with Gasteiger partial charge in [0, 0.05) is 37.9 Å². The van der Waals surface area contributed by atoms with E-state index >= 15 is 0 Å². The fraction of sp³-hybridized carbons (Fsp3) is 0.615. The number of nitrogens with two attached hydrogens (primary N) is 1. The lowest BCUT2D eigenvalue weighted by molar-refractivity contribution is 0.200. The van der Waals surface area contributed by atoms with E-state index in [4.69, 9.17) is 15.2 Å². The van der Waals surface area contributed by atoms with Crippen LogP contribution >= 0.6 is 0 Å². The normalized spacial score (nSPS) is 17.7. The highest BCUT2D eigenvalue weighted by Gasteiger charge is 2.19. The molecular formula is C13H21N3O2. The highest BCUT2D eigenvalue weighted by atomic mass is 16.5. The summed E-state index contributed by atoms with van der Waals surface area (Å²) >= 11 is 0. The van der Waals surface area contributed by atoms with E-state index in [1.807, 2.05) is 6.07 Å². The van der Waals surface area contributed by atoms with Gasteiger partial charge in [0.1, 0.15) is 5.69 Å². The average molecular weight is 251 g/mol. The van der Waals surface area contributed by atoms with Crippen LogP contribution in [0.25, 0.3) is 0 Å². The van der Waals surface area contributed by atoms with Crippen molar-refractivity contribution in [3.05, 3.63) is 18.0 Å². The predicted molar refractivity (Wildman–Crippen MR) is 69.8 cm³/mol. The molecule has 5 nitrogen and oxygen atoms in total. The quantitative estimate of drug-likeness (QED) is 0.865. The lowest BCUT2D eigenvalue weighted by Gasteiger charge is -2.30. The minimum atomic E-state index is 0.349. The van der Waals surface area contributed by atoms with E-state index < -0.39 is 0 Å². The standard InChI is InChI=1S/C13H21N3O2/c1-17-12-3-6-15-11(13(12)18-2)9-16-7-4-10(14)5-8-16/h3,6,10H,4-5,7-9,14H2,1-2H3. The van der Waals surface area contributed by atoms with Crippen molar-refractivity contribution in [3.63, 3.8) is 0 Å². The van der Waals surface area contributed by atoms with Crippen molar-refractivity contribution in [2.75, 3.05) is 27.3 Å². The van der Waals surface area contributed by atoms with Crippen LogP contribution in [0.2, 0.25) is 0 Å². The molecule has 0 bridgehead atoms. The average Bonchev–Trinajstić information content (AvgIpc) is 2.41. The third-order valence-corrected chi connectivity index (χ3v) is 3.37.